The molecule has 0 unspecified atom stereocenters. The average molecular weight is 427 g/mol. The predicted octanol–water partition coefficient (Wildman–Crippen LogP) is 3.28. The van der Waals surface area contributed by atoms with Crippen LogP contribution in [0.4, 0.5) is 0 Å². The first-order valence-electron chi connectivity index (χ1n) is 11.1. The third-order valence-electron chi connectivity index (χ3n) is 6.30. The van der Waals surface area contributed by atoms with Crippen LogP contribution in [0.5, 0.6) is 0 Å². The standard InChI is InChI=1S/C26H26N4O2/c31-25-18-27-30(24-11-4-3-10-23(24)25)13-12-26(32)29-16-14-28(15-17-29)19-21-8-5-7-20-6-1-2-9-22(20)21/h1-11,18H,12-17,19H2. The molecule has 0 N–H and O–H groups in total. The lowest BCUT2D eigenvalue weighted by molar-refractivity contribution is -0.133. The summed E-state index contributed by atoms with van der Waals surface area (Å²) in [6.45, 7) is 4.58. The summed E-state index contributed by atoms with van der Waals surface area (Å²) >= 11 is 0. The molecule has 3 aromatic carbocycles. The van der Waals surface area contributed by atoms with Gasteiger partial charge in [-0.3, -0.25) is 19.2 Å². The van der Waals surface area contributed by atoms with E-state index >= 15 is 0 Å². The molecule has 32 heavy (non-hydrogen) atoms. The summed E-state index contributed by atoms with van der Waals surface area (Å²) in [5, 5.41) is 7.44. The van der Waals surface area contributed by atoms with Crippen molar-refractivity contribution in [2.24, 2.45) is 0 Å². The molecular formula is C26H26N4O2. The molecule has 1 amide bonds. The fourth-order valence-electron chi connectivity index (χ4n) is 4.53. The number of nitrogens with zero attached hydrogens (tertiary/aromatic N) is 4. The first kappa shape index (κ1) is 20.4. The lowest BCUT2D eigenvalue weighted by Gasteiger charge is -2.35. The minimum absolute atomic E-state index is 0.0921. The number of para-hydroxylation sites is 1. The highest BCUT2D eigenvalue weighted by molar-refractivity contribution is 5.85. The van der Waals surface area contributed by atoms with Crippen LogP contribution in [0, 0.1) is 0 Å². The van der Waals surface area contributed by atoms with Crippen LogP contribution in [0.3, 0.4) is 0 Å². The zero-order chi connectivity index (χ0) is 21.9. The largest absolute Gasteiger partial charge is 0.340 e. The summed E-state index contributed by atoms with van der Waals surface area (Å²) < 4.78 is 1.76. The Morgan fingerprint density at radius 2 is 1.56 bits per heavy atom. The number of benzene rings is 3. The summed E-state index contributed by atoms with van der Waals surface area (Å²) in [6.07, 6.45) is 1.71. The first-order valence-corrected chi connectivity index (χ1v) is 11.1. The molecule has 1 aliphatic heterocycles. The van der Waals surface area contributed by atoms with E-state index in [9.17, 15) is 9.59 Å². The molecule has 1 fully saturated rings. The Morgan fingerprint density at radius 1 is 0.844 bits per heavy atom. The summed E-state index contributed by atoms with van der Waals surface area (Å²) in [6, 6.07) is 22.4. The van der Waals surface area contributed by atoms with E-state index in [-0.39, 0.29) is 11.3 Å². The molecule has 0 atom stereocenters. The third-order valence-corrected chi connectivity index (χ3v) is 6.30. The highest BCUT2D eigenvalue weighted by Gasteiger charge is 2.21. The van der Waals surface area contributed by atoms with Crippen LogP contribution in [-0.4, -0.2) is 51.7 Å². The Hall–Kier alpha value is -3.51. The van der Waals surface area contributed by atoms with Crippen LogP contribution in [0.1, 0.15) is 12.0 Å². The molecule has 6 heteroatoms. The number of fused-ring (bicyclic) bond motifs is 2. The maximum absolute atomic E-state index is 12.8. The second-order valence-electron chi connectivity index (χ2n) is 8.29. The maximum Gasteiger partial charge on any atom is 0.224 e. The third kappa shape index (κ3) is 4.14. The molecule has 2 heterocycles. The Morgan fingerprint density at radius 3 is 2.41 bits per heavy atom. The van der Waals surface area contributed by atoms with Crippen molar-refractivity contribution in [3.8, 4) is 0 Å². The minimum Gasteiger partial charge on any atom is -0.340 e. The van der Waals surface area contributed by atoms with E-state index in [1.165, 1.54) is 22.5 Å². The fourth-order valence-corrected chi connectivity index (χ4v) is 4.53. The number of carbonyl (C=O) groups is 1. The van der Waals surface area contributed by atoms with E-state index in [2.05, 4.69) is 52.5 Å². The molecular weight excluding hydrogens is 400 g/mol. The number of hydrogen-bond donors (Lipinski definition) is 0. The molecule has 0 spiro atoms. The fraction of sp³-hybridized carbons (Fsp3) is 0.269. The Kier molecular flexibility index (Phi) is 5.69. The van der Waals surface area contributed by atoms with Gasteiger partial charge in [0, 0.05) is 44.5 Å². The molecule has 1 saturated heterocycles. The molecule has 162 valence electrons. The molecule has 1 aromatic heterocycles. The highest BCUT2D eigenvalue weighted by atomic mass is 16.2. The molecule has 6 nitrogen and oxygen atoms in total. The first-order chi connectivity index (χ1) is 15.7. The Balaban J connectivity index is 1.18. The van der Waals surface area contributed by atoms with Crippen LogP contribution in [-0.2, 0) is 17.9 Å². The summed E-state index contributed by atoms with van der Waals surface area (Å²) in [7, 11) is 0. The monoisotopic (exact) mass is 426 g/mol. The molecule has 0 aliphatic carbocycles. The Labute approximate surface area is 186 Å². The summed E-state index contributed by atoms with van der Waals surface area (Å²) in [5.41, 5.74) is 2.01. The van der Waals surface area contributed by atoms with Gasteiger partial charge in [-0.25, -0.2) is 0 Å². The molecule has 5 rings (SSSR count). The topological polar surface area (TPSA) is 58.4 Å². The van der Waals surface area contributed by atoms with E-state index in [1.54, 1.807) is 10.7 Å². The van der Waals surface area contributed by atoms with Gasteiger partial charge < -0.3 is 4.90 Å². The van der Waals surface area contributed by atoms with Crippen LogP contribution in [0.2, 0.25) is 0 Å². The number of aromatic nitrogens is 2. The van der Waals surface area contributed by atoms with Crippen molar-refractivity contribution >= 4 is 27.6 Å². The Bertz CT molecular complexity index is 1320. The number of aryl methyl sites for hydroxylation is 1. The molecule has 0 radical (unpaired) electrons. The van der Waals surface area contributed by atoms with Crippen molar-refractivity contribution in [1.82, 2.24) is 19.6 Å². The smallest absolute Gasteiger partial charge is 0.224 e. The second kappa shape index (κ2) is 8.93. The van der Waals surface area contributed by atoms with E-state index in [1.807, 2.05) is 23.1 Å². The quantitative estimate of drug-likeness (QED) is 0.491. The van der Waals surface area contributed by atoms with Gasteiger partial charge in [-0.1, -0.05) is 54.6 Å². The van der Waals surface area contributed by atoms with Gasteiger partial charge in [0.1, 0.15) is 0 Å². The molecule has 0 bridgehead atoms. The zero-order valence-electron chi connectivity index (χ0n) is 18.0. The van der Waals surface area contributed by atoms with E-state index in [4.69, 9.17) is 0 Å². The van der Waals surface area contributed by atoms with Crippen LogP contribution in [0.15, 0.2) is 77.7 Å². The summed E-state index contributed by atoms with van der Waals surface area (Å²) in [4.78, 5) is 29.2. The number of piperazine rings is 1. The van der Waals surface area contributed by atoms with Crippen molar-refractivity contribution < 1.29 is 4.79 Å². The van der Waals surface area contributed by atoms with Crippen molar-refractivity contribution in [2.45, 2.75) is 19.5 Å². The van der Waals surface area contributed by atoms with Gasteiger partial charge in [-0.05, 0) is 28.5 Å². The van der Waals surface area contributed by atoms with Crippen molar-refractivity contribution in [1.29, 1.82) is 0 Å². The number of rotatable bonds is 5. The van der Waals surface area contributed by atoms with Gasteiger partial charge in [0.05, 0.1) is 18.3 Å². The minimum atomic E-state index is -0.0921. The second-order valence-corrected chi connectivity index (χ2v) is 8.29. The normalized spacial score (nSPS) is 14.8. The van der Waals surface area contributed by atoms with Crippen LogP contribution in [0.25, 0.3) is 21.7 Å². The molecule has 4 aromatic rings. The number of amides is 1. The molecule has 0 saturated carbocycles. The van der Waals surface area contributed by atoms with Gasteiger partial charge in [-0.15, -0.1) is 0 Å². The van der Waals surface area contributed by atoms with Crippen molar-refractivity contribution in [2.75, 3.05) is 26.2 Å². The molecule has 1 aliphatic rings. The van der Waals surface area contributed by atoms with E-state index in [0.717, 1.165) is 38.2 Å². The maximum atomic E-state index is 12.8. The zero-order valence-corrected chi connectivity index (χ0v) is 18.0. The average Bonchev–Trinajstić information content (AvgIpc) is 2.84. The summed E-state index contributed by atoms with van der Waals surface area (Å²) in [5.74, 6) is 0.138. The highest BCUT2D eigenvalue weighted by Crippen LogP contribution is 2.20. The number of hydrogen-bond acceptors (Lipinski definition) is 4. The van der Waals surface area contributed by atoms with Crippen LogP contribution < -0.4 is 5.43 Å². The lowest BCUT2D eigenvalue weighted by atomic mass is 10.0. The van der Waals surface area contributed by atoms with Crippen molar-refractivity contribution in [3.63, 3.8) is 0 Å². The predicted molar refractivity (Wildman–Crippen MR) is 126 cm³/mol. The number of carbonyl (C=O) groups excluding carboxylic acids is 1. The van der Waals surface area contributed by atoms with Gasteiger partial charge in [-0.2, -0.15) is 5.10 Å². The lowest BCUT2D eigenvalue weighted by Crippen LogP contribution is -2.48. The SMILES string of the molecule is O=C(CCn1ncc(=O)c2ccccc21)N1CCN(Cc2cccc3ccccc23)CC1. The van der Waals surface area contributed by atoms with Gasteiger partial charge in [0.25, 0.3) is 0 Å². The van der Waals surface area contributed by atoms with E-state index < -0.39 is 0 Å². The van der Waals surface area contributed by atoms with Gasteiger partial charge in [0.15, 0.2) is 0 Å². The van der Waals surface area contributed by atoms with Crippen LogP contribution >= 0.6 is 0 Å². The van der Waals surface area contributed by atoms with Gasteiger partial charge in [0.2, 0.25) is 11.3 Å². The van der Waals surface area contributed by atoms with Gasteiger partial charge >= 0.3 is 0 Å². The van der Waals surface area contributed by atoms with E-state index in [0.29, 0.717) is 18.4 Å². The van der Waals surface area contributed by atoms with Crippen molar-refractivity contribution in [3.05, 3.63) is 88.7 Å².